The molecule has 2 aromatic rings. The van der Waals surface area contributed by atoms with Gasteiger partial charge in [0.1, 0.15) is 0 Å². The smallest absolute Gasteiger partial charge is 0.253 e. The first-order valence-electron chi connectivity index (χ1n) is 14.0. The van der Waals surface area contributed by atoms with Gasteiger partial charge < -0.3 is 14.6 Å². The summed E-state index contributed by atoms with van der Waals surface area (Å²) in [4.78, 5) is 53.3. The van der Waals surface area contributed by atoms with Gasteiger partial charge in [-0.2, -0.15) is 0 Å². The number of amides is 4. The van der Waals surface area contributed by atoms with E-state index in [-0.39, 0.29) is 36.0 Å². The second kappa shape index (κ2) is 10.5. The molecule has 0 unspecified atom stereocenters. The molecule has 9 nitrogen and oxygen atoms in total. The molecular formula is C32H29Cl3N2O7. The number of aromatic hydroxyl groups is 1. The Balaban J connectivity index is 1.46. The van der Waals surface area contributed by atoms with Gasteiger partial charge in [-0.15, -0.1) is 23.2 Å². The summed E-state index contributed by atoms with van der Waals surface area (Å²) in [5.74, 6) is -5.01. The van der Waals surface area contributed by atoms with Crippen molar-refractivity contribution in [2.75, 3.05) is 26.2 Å². The van der Waals surface area contributed by atoms with E-state index < -0.39 is 51.1 Å². The van der Waals surface area contributed by atoms with E-state index in [1.165, 1.54) is 21.3 Å². The van der Waals surface area contributed by atoms with Crippen LogP contribution in [0.4, 0.5) is 5.69 Å². The van der Waals surface area contributed by atoms with Crippen molar-refractivity contribution >= 4 is 70.2 Å². The van der Waals surface area contributed by atoms with Gasteiger partial charge in [-0.25, -0.2) is 4.90 Å². The standard InChI is InChI=1S/C32H29Cl3N2O7/c1-15-5-7-17(13-22(15)33)37-27(39)19-9-8-18-20(25(19)28(37)40)14-31(34)29(41)36(2)30(42)32(31,35)21(18)10-6-16-11-23(43-3)26(38)24(12-16)44-4/h5-8,10-13,19-21,25,38H,9,14H2,1-4H3/t19-,20+,21-,25-,31+,32-/m0/s1. The summed E-state index contributed by atoms with van der Waals surface area (Å²) in [7, 11) is 4.14. The van der Waals surface area contributed by atoms with Crippen LogP contribution in [0.15, 0.2) is 48.1 Å². The Labute approximate surface area is 268 Å². The van der Waals surface area contributed by atoms with Gasteiger partial charge in [-0.1, -0.05) is 41.5 Å². The monoisotopic (exact) mass is 658 g/mol. The third-order valence-corrected chi connectivity index (χ3v) is 11.3. The third-order valence-electron chi connectivity index (χ3n) is 9.47. The highest BCUT2D eigenvalue weighted by atomic mass is 35.5. The van der Waals surface area contributed by atoms with E-state index >= 15 is 0 Å². The van der Waals surface area contributed by atoms with Crippen LogP contribution in [0.5, 0.6) is 17.2 Å². The second-order valence-electron chi connectivity index (χ2n) is 11.6. The lowest BCUT2D eigenvalue weighted by Crippen LogP contribution is -2.60. The molecule has 2 aromatic carbocycles. The van der Waals surface area contributed by atoms with E-state index in [2.05, 4.69) is 0 Å². The molecule has 0 spiro atoms. The second-order valence-corrected chi connectivity index (χ2v) is 13.3. The molecule has 1 saturated carbocycles. The minimum atomic E-state index is -1.90. The third kappa shape index (κ3) is 4.05. The van der Waals surface area contributed by atoms with Crippen LogP contribution in [-0.2, 0) is 19.2 Å². The zero-order valence-electron chi connectivity index (χ0n) is 24.3. The summed E-state index contributed by atoms with van der Waals surface area (Å²) < 4.78 is 10.6. The quantitative estimate of drug-likeness (QED) is 0.270. The number of fused-ring (bicyclic) bond motifs is 4. The number of benzene rings is 2. The van der Waals surface area contributed by atoms with Crippen LogP contribution < -0.4 is 14.4 Å². The van der Waals surface area contributed by atoms with Crippen molar-refractivity contribution in [3.05, 3.63) is 64.2 Å². The van der Waals surface area contributed by atoms with Gasteiger partial charge in [0, 0.05) is 18.0 Å². The molecule has 6 rings (SSSR count). The SMILES string of the molecule is COc1cc(C=C[C@H]2C3=CC[C@@H]4C(=O)N(c5ccc(C)c(Cl)c5)C(=O)[C@@H]4[C@@H]3C[C@@]3(Cl)C(=O)N(C)C(=O)[C@@]23Cl)cc(OC)c1O. The van der Waals surface area contributed by atoms with Crippen LogP contribution in [0.25, 0.3) is 6.08 Å². The predicted octanol–water partition coefficient (Wildman–Crippen LogP) is 5.11. The molecule has 4 amide bonds. The van der Waals surface area contributed by atoms with Crippen LogP contribution in [-0.4, -0.2) is 64.7 Å². The summed E-state index contributed by atoms with van der Waals surface area (Å²) in [5, 5.41) is 10.8. The van der Waals surface area contributed by atoms with Gasteiger partial charge in [0.15, 0.2) is 21.2 Å². The molecule has 2 heterocycles. The van der Waals surface area contributed by atoms with Crippen LogP contribution in [0, 0.1) is 30.6 Å². The number of ether oxygens (including phenoxy) is 2. The van der Waals surface area contributed by atoms with Crippen LogP contribution in [0.1, 0.15) is 24.0 Å². The zero-order chi connectivity index (χ0) is 31.9. The average Bonchev–Trinajstić information content (AvgIpc) is 3.33. The maximum atomic E-state index is 14.1. The Hall–Kier alpha value is -3.53. The van der Waals surface area contributed by atoms with Gasteiger partial charge in [0.05, 0.1) is 31.7 Å². The van der Waals surface area contributed by atoms with E-state index in [0.717, 1.165) is 15.4 Å². The van der Waals surface area contributed by atoms with Gasteiger partial charge in [0.25, 0.3) is 11.8 Å². The molecule has 0 bridgehead atoms. The summed E-state index contributed by atoms with van der Waals surface area (Å²) in [6, 6.07) is 8.16. The first-order valence-corrected chi connectivity index (χ1v) is 15.1. The molecule has 230 valence electrons. The van der Waals surface area contributed by atoms with Crippen molar-refractivity contribution in [3.63, 3.8) is 0 Å². The highest BCUT2D eigenvalue weighted by Gasteiger charge is 2.75. The van der Waals surface area contributed by atoms with E-state index in [9.17, 15) is 24.3 Å². The van der Waals surface area contributed by atoms with E-state index in [0.29, 0.717) is 21.8 Å². The Morgan fingerprint density at radius 1 is 0.977 bits per heavy atom. The highest BCUT2D eigenvalue weighted by Crippen LogP contribution is 2.63. The summed E-state index contributed by atoms with van der Waals surface area (Å²) in [6.45, 7) is 1.82. The number of alkyl halides is 2. The normalized spacial score (nSPS) is 31.3. The van der Waals surface area contributed by atoms with Crippen molar-refractivity contribution in [2.45, 2.75) is 29.5 Å². The van der Waals surface area contributed by atoms with E-state index in [1.807, 2.05) is 13.0 Å². The summed E-state index contributed by atoms with van der Waals surface area (Å²) in [5.41, 5.74) is 2.38. The van der Waals surface area contributed by atoms with Crippen molar-refractivity contribution < 1.29 is 33.8 Å². The Kier molecular flexibility index (Phi) is 7.30. The van der Waals surface area contributed by atoms with Crippen LogP contribution >= 0.6 is 34.8 Å². The Bertz CT molecular complexity index is 1680. The van der Waals surface area contributed by atoms with Crippen molar-refractivity contribution in [3.8, 4) is 17.2 Å². The number of hydrogen-bond acceptors (Lipinski definition) is 7. The fraction of sp³-hybridized carbons (Fsp3) is 0.375. The first kappa shape index (κ1) is 30.5. The van der Waals surface area contributed by atoms with Crippen LogP contribution in [0.2, 0.25) is 5.02 Å². The first-order chi connectivity index (χ1) is 20.8. The number of methoxy groups -OCH3 is 2. The molecule has 44 heavy (non-hydrogen) atoms. The molecule has 2 aliphatic carbocycles. The number of halogens is 3. The molecule has 6 atom stereocenters. The number of likely N-dealkylation sites (tertiary alicyclic amines) is 1. The van der Waals surface area contributed by atoms with Gasteiger partial charge in [-0.05, 0) is 61.1 Å². The fourth-order valence-electron chi connectivity index (χ4n) is 7.18. The number of imide groups is 2. The Morgan fingerprint density at radius 2 is 1.64 bits per heavy atom. The molecule has 2 aliphatic heterocycles. The molecular weight excluding hydrogens is 631 g/mol. The lowest BCUT2D eigenvalue weighted by molar-refractivity contribution is -0.138. The van der Waals surface area contributed by atoms with E-state index in [1.54, 1.807) is 42.5 Å². The molecule has 0 radical (unpaired) electrons. The number of hydrogen-bond donors (Lipinski definition) is 1. The number of rotatable bonds is 5. The fourth-order valence-corrected chi connectivity index (χ4v) is 8.33. The summed E-state index contributed by atoms with van der Waals surface area (Å²) in [6.07, 6.45) is 5.34. The highest BCUT2D eigenvalue weighted by molar-refractivity contribution is 6.53. The largest absolute Gasteiger partial charge is 0.502 e. The summed E-state index contributed by atoms with van der Waals surface area (Å²) >= 11 is 20.7. The number of anilines is 1. The number of allylic oxidation sites excluding steroid dienone is 3. The number of carbonyl (C=O) groups is 4. The Morgan fingerprint density at radius 3 is 2.25 bits per heavy atom. The predicted molar refractivity (Wildman–Crippen MR) is 165 cm³/mol. The number of phenolic OH excluding ortho intramolecular Hbond substituents is 1. The molecule has 2 saturated heterocycles. The molecule has 0 aromatic heterocycles. The molecule has 3 fully saturated rings. The maximum absolute atomic E-state index is 14.1. The topological polar surface area (TPSA) is 113 Å². The number of carbonyl (C=O) groups excluding carboxylic acids is 4. The molecule has 4 aliphatic rings. The van der Waals surface area contributed by atoms with Gasteiger partial charge in [-0.3, -0.25) is 24.1 Å². The average molecular weight is 660 g/mol. The lowest BCUT2D eigenvalue weighted by atomic mass is 9.57. The van der Waals surface area contributed by atoms with Crippen LogP contribution in [0.3, 0.4) is 0 Å². The van der Waals surface area contributed by atoms with Crippen molar-refractivity contribution in [1.82, 2.24) is 4.90 Å². The minimum absolute atomic E-state index is 0.104. The van der Waals surface area contributed by atoms with E-state index in [4.69, 9.17) is 44.3 Å². The zero-order valence-corrected chi connectivity index (χ0v) is 26.5. The molecule has 12 heteroatoms. The number of phenols is 1. The van der Waals surface area contributed by atoms with Crippen molar-refractivity contribution in [2.24, 2.45) is 23.7 Å². The number of aryl methyl sites for hydroxylation is 1. The minimum Gasteiger partial charge on any atom is -0.502 e. The lowest BCUT2D eigenvalue weighted by Gasteiger charge is -2.49. The maximum Gasteiger partial charge on any atom is 0.253 e. The molecule has 1 N–H and O–H groups in total. The van der Waals surface area contributed by atoms with Gasteiger partial charge >= 0.3 is 0 Å². The number of nitrogens with zero attached hydrogens (tertiary/aromatic N) is 2. The van der Waals surface area contributed by atoms with Crippen molar-refractivity contribution in [1.29, 1.82) is 0 Å². The van der Waals surface area contributed by atoms with Gasteiger partial charge in [0.2, 0.25) is 17.6 Å².